The highest BCUT2D eigenvalue weighted by molar-refractivity contribution is 5.28. The summed E-state index contributed by atoms with van der Waals surface area (Å²) in [7, 11) is 0. The summed E-state index contributed by atoms with van der Waals surface area (Å²) < 4.78 is 0. The highest BCUT2D eigenvalue weighted by atomic mass is 16.3. The van der Waals surface area contributed by atoms with Crippen LogP contribution in [0.1, 0.15) is 30.5 Å². The molecular weight excluding hydrogens is 232 g/mol. The molecule has 0 aliphatic heterocycles. The average molecular weight is 254 g/mol. The summed E-state index contributed by atoms with van der Waals surface area (Å²) in [6, 6.07) is 16.4. The summed E-state index contributed by atoms with van der Waals surface area (Å²) in [5.74, 6) is 1.04. The van der Waals surface area contributed by atoms with Crippen LogP contribution in [-0.4, -0.2) is 5.11 Å². The third kappa shape index (κ3) is 4.44. The second-order valence-corrected chi connectivity index (χ2v) is 5.58. The molecule has 0 bridgehead atoms. The Balaban J connectivity index is 1.97. The van der Waals surface area contributed by atoms with Gasteiger partial charge < -0.3 is 5.11 Å². The molecule has 0 atom stereocenters. The minimum absolute atomic E-state index is 0.336. The number of hydrogen-bond donors (Lipinski definition) is 1. The summed E-state index contributed by atoms with van der Waals surface area (Å²) in [6.45, 7) is 4.51. The summed E-state index contributed by atoms with van der Waals surface area (Å²) in [5.41, 5.74) is 4.09. The molecule has 1 N–H and O–H groups in total. The number of hydrogen-bond acceptors (Lipinski definition) is 1. The van der Waals surface area contributed by atoms with Crippen molar-refractivity contribution in [1.82, 2.24) is 0 Å². The number of rotatable bonds is 5. The second-order valence-electron chi connectivity index (χ2n) is 5.58. The lowest BCUT2D eigenvalue weighted by Crippen LogP contribution is -1.96. The van der Waals surface area contributed by atoms with Gasteiger partial charge in [0.15, 0.2) is 0 Å². The molecule has 1 heteroatoms. The first-order chi connectivity index (χ1) is 9.13. The van der Waals surface area contributed by atoms with Crippen molar-refractivity contribution in [2.45, 2.75) is 33.1 Å². The van der Waals surface area contributed by atoms with Crippen LogP contribution in [0.25, 0.3) is 0 Å². The zero-order valence-electron chi connectivity index (χ0n) is 11.8. The maximum atomic E-state index is 9.26. The third-order valence-electron chi connectivity index (χ3n) is 3.27. The van der Waals surface area contributed by atoms with Gasteiger partial charge in [-0.2, -0.15) is 0 Å². The van der Waals surface area contributed by atoms with E-state index in [1.54, 1.807) is 12.1 Å². The van der Waals surface area contributed by atoms with E-state index in [0.29, 0.717) is 11.7 Å². The number of aryl methyl sites for hydroxylation is 2. The van der Waals surface area contributed by atoms with Gasteiger partial charge in [0.05, 0.1) is 0 Å². The van der Waals surface area contributed by atoms with Gasteiger partial charge in [-0.05, 0) is 54.0 Å². The molecule has 0 heterocycles. The van der Waals surface area contributed by atoms with Crippen LogP contribution in [0.3, 0.4) is 0 Å². The van der Waals surface area contributed by atoms with Gasteiger partial charge in [-0.15, -0.1) is 0 Å². The normalized spacial score (nSPS) is 10.9. The molecule has 19 heavy (non-hydrogen) atoms. The molecule has 2 aromatic rings. The number of phenols is 1. The number of aromatic hydroxyl groups is 1. The summed E-state index contributed by atoms with van der Waals surface area (Å²) in [6.07, 6.45) is 3.22. The van der Waals surface area contributed by atoms with E-state index in [4.69, 9.17) is 0 Å². The van der Waals surface area contributed by atoms with E-state index in [-0.39, 0.29) is 0 Å². The highest BCUT2D eigenvalue weighted by Crippen LogP contribution is 2.14. The SMILES string of the molecule is CC(C)Cc1cccc(CCc2ccc(O)cc2)c1. The van der Waals surface area contributed by atoms with Crippen LogP contribution in [0.4, 0.5) is 0 Å². The van der Waals surface area contributed by atoms with E-state index in [1.807, 2.05) is 12.1 Å². The Morgan fingerprint density at radius 2 is 1.47 bits per heavy atom. The second kappa shape index (κ2) is 6.42. The fourth-order valence-electron chi connectivity index (χ4n) is 2.33. The molecule has 0 saturated heterocycles. The smallest absolute Gasteiger partial charge is 0.115 e. The van der Waals surface area contributed by atoms with Crippen LogP contribution < -0.4 is 0 Å². The van der Waals surface area contributed by atoms with E-state index < -0.39 is 0 Å². The van der Waals surface area contributed by atoms with Gasteiger partial charge in [-0.3, -0.25) is 0 Å². The fourth-order valence-corrected chi connectivity index (χ4v) is 2.33. The zero-order chi connectivity index (χ0) is 13.7. The monoisotopic (exact) mass is 254 g/mol. The molecule has 0 aliphatic rings. The molecule has 0 saturated carbocycles. The lowest BCUT2D eigenvalue weighted by molar-refractivity contribution is 0.475. The van der Waals surface area contributed by atoms with E-state index in [1.165, 1.54) is 16.7 Å². The largest absolute Gasteiger partial charge is 0.508 e. The van der Waals surface area contributed by atoms with Crippen molar-refractivity contribution in [2.24, 2.45) is 5.92 Å². The Labute approximate surface area is 115 Å². The van der Waals surface area contributed by atoms with E-state index in [2.05, 4.69) is 38.1 Å². The topological polar surface area (TPSA) is 20.2 Å². The van der Waals surface area contributed by atoms with Crippen molar-refractivity contribution in [3.8, 4) is 5.75 Å². The first-order valence-corrected chi connectivity index (χ1v) is 6.99. The van der Waals surface area contributed by atoms with Gasteiger partial charge in [0.2, 0.25) is 0 Å². The molecule has 0 unspecified atom stereocenters. The third-order valence-corrected chi connectivity index (χ3v) is 3.27. The predicted molar refractivity (Wildman–Crippen MR) is 80.5 cm³/mol. The van der Waals surface area contributed by atoms with Crippen LogP contribution in [0.5, 0.6) is 5.75 Å². The molecule has 0 aromatic heterocycles. The number of phenolic OH excluding ortho intramolecular Hbond substituents is 1. The summed E-state index contributed by atoms with van der Waals surface area (Å²) >= 11 is 0. The van der Waals surface area contributed by atoms with E-state index in [9.17, 15) is 5.11 Å². The first-order valence-electron chi connectivity index (χ1n) is 6.99. The summed E-state index contributed by atoms with van der Waals surface area (Å²) in [5, 5.41) is 9.26. The molecule has 0 radical (unpaired) electrons. The van der Waals surface area contributed by atoms with Crippen LogP contribution in [0, 0.1) is 5.92 Å². The van der Waals surface area contributed by atoms with Crippen LogP contribution in [-0.2, 0) is 19.3 Å². The van der Waals surface area contributed by atoms with Gasteiger partial charge in [-0.25, -0.2) is 0 Å². The maximum absolute atomic E-state index is 9.26. The van der Waals surface area contributed by atoms with Gasteiger partial charge >= 0.3 is 0 Å². The molecule has 0 spiro atoms. The molecule has 2 aromatic carbocycles. The maximum Gasteiger partial charge on any atom is 0.115 e. The predicted octanol–water partition coefficient (Wildman–Crippen LogP) is 4.38. The van der Waals surface area contributed by atoms with Crippen LogP contribution >= 0.6 is 0 Å². The molecule has 0 amide bonds. The molecule has 100 valence electrons. The lowest BCUT2D eigenvalue weighted by atomic mass is 9.98. The molecule has 1 nitrogen and oxygen atoms in total. The quantitative estimate of drug-likeness (QED) is 0.839. The number of benzene rings is 2. The van der Waals surface area contributed by atoms with Crippen molar-refractivity contribution < 1.29 is 5.11 Å². The molecule has 2 rings (SSSR count). The van der Waals surface area contributed by atoms with Gasteiger partial charge in [0.1, 0.15) is 5.75 Å². The van der Waals surface area contributed by atoms with Crippen molar-refractivity contribution in [3.63, 3.8) is 0 Å². The highest BCUT2D eigenvalue weighted by Gasteiger charge is 2.00. The van der Waals surface area contributed by atoms with Gasteiger partial charge in [0.25, 0.3) is 0 Å². The van der Waals surface area contributed by atoms with Gasteiger partial charge in [-0.1, -0.05) is 50.2 Å². The Kier molecular flexibility index (Phi) is 4.62. The van der Waals surface area contributed by atoms with Crippen LogP contribution in [0.2, 0.25) is 0 Å². The Hall–Kier alpha value is -1.76. The van der Waals surface area contributed by atoms with E-state index in [0.717, 1.165) is 19.3 Å². The molecule has 0 aliphatic carbocycles. The Morgan fingerprint density at radius 1 is 0.842 bits per heavy atom. The molecule has 0 fully saturated rings. The Bertz CT molecular complexity index is 511. The van der Waals surface area contributed by atoms with Crippen molar-refractivity contribution in [3.05, 3.63) is 65.2 Å². The Morgan fingerprint density at radius 3 is 2.16 bits per heavy atom. The summed E-state index contributed by atoms with van der Waals surface area (Å²) in [4.78, 5) is 0. The van der Waals surface area contributed by atoms with Crippen LogP contribution in [0.15, 0.2) is 48.5 Å². The standard InChI is InChI=1S/C18H22O/c1-14(2)12-17-5-3-4-16(13-17)7-6-15-8-10-18(19)11-9-15/h3-5,8-11,13-14,19H,6-7,12H2,1-2H3. The minimum Gasteiger partial charge on any atom is -0.508 e. The first kappa shape index (κ1) is 13.7. The zero-order valence-corrected chi connectivity index (χ0v) is 11.8. The van der Waals surface area contributed by atoms with Crippen molar-refractivity contribution >= 4 is 0 Å². The lowest BCUT2D eigenvalue weighted by Gasteiger charge is -2.08. The van der Waals surface area contributed by atoms with Crippen molar-refractivity contribution in [2.75, 3.05) is 0 Å². The average Bonchev–Trinajstić information content (AvgIpc) is 2.38. The minimum atomic E-state index is 0.336. The van der Waals surface area contributed by atoms with E-state index >= 15 is 0 Å². The van der Waals surface area contributed by atoms with Crippen molar-refractivity contribution in [1.29, 1.82) is 0 Å². The molecular formula is C18H22O. The fraction of sp³-hybridized carbons (Fsp3) is 0.333. The van der Waals surface area contributed by atoms with Gasteiger partial charge in [0, 0.05) is 0 Å².